The van der Waals surface area contributed by atoms with Crippen LogP contribution in [0.4, 0.5) is 0 Å². The van der Waals surface area contributed by atoms with E-state index in [1.165, 1.54) is 16.8 Å². The number of halogens is 2. The number of aryl methyl sites for hydroxylation is 2. The number of benzene rings is 3. The van der Waals surface area contributed by atoms with Crippen LogP contribution < -0.4 is 45.2 Å². The molecule has 6 rings (SSSR count). The molecule has 0 N–H and O–H groups in total. The zero-order valence-corrected chi connectivity index (χ0v) is 23.6. The molecule has 1 aromatic heterocycles. The summed E-state index contributed by atoms with van der Waals surface area (Å²) in [6.45, 7) is 2.42. The highest BCUT2D eigenvalue weighted by molar-refractivity contribution is 9.10. The quantitative estimate of drug-likeness (QED) is 0.222. The lowest BCUT2D eigenvalue weighted by Gasteiger charge is -2.18. The first-order chi connectivity index (χ1) is 17.7. The molecule has 6 nitrogen and oxygen atoms in total. The fraction of sp³-hybridized carbons (Fsp3) is 0.276. The van der Waals surface area contributed by atoms with Gasteiger partial charge in [0.1, 0.15) is 5.75 Å². The monoisotopic (exact) mass is 627 g/mol. The first-order valence-corrected chi connectivity index (χ1v) is 13.0. The maximum atomic E-state index is 6.29. The van der Waals surface area contributed by atoms with Crippen molar-refractivity contribution < 1.29 is 45.2 Å². The molecule has 0 bridgehead atoms. The van der Waals surface area contributed by atoms with Crippen LogP contribution in [0.25, 0.3) is 22.0 Å². The second-order valence-electron chi connectivity index (χ2n) is 8.92. The second-order valence-corrected chi connectivity index (χ2v) is 9.84. The molecular weight excluding hydrogens is 602 g/mol. The summed E-state index contributed by atoms with van der Waals surface area (Å²) in [6, 6.07) is 18.4. The number of methoxy groups -OCH3 is 1. The lowest BCUT2D eigenvalue weighted by Crippen LogP contribution is -3.00. The normalized spacial score (nSPS) is 12.9. The van der Waals surface area contributed by atoms with Crippen molar-refractivity contribution in [2.75, 3.05) is 27.1 Å². The maximum absolute atomic E-state index is 6.29. The van der Waals surface area contributed by atoms with E-state index in [9.17, 15) is 0 Å². The Labute approximate surface area is 235 Å². The van der Waals surface area contributed by atoms with Crippen molar-refractivity contribution in [2.45, 2.75) is 25.8 Å². The van der Waals surface area contributed by atoms with Crippen molar-refractivity contribution in [1.82, 2.24) is 0 Å². The number of rotatable bonds is 8. The van der Waals surface area contributed by atoms with E-state index in [2.05, 4.69) is 51.0 Å². The van der Waals surface area contributed by atoms with Gasteiger partial charge in [-0.2, -0.15) is 4.57 Å². The zero-order valence-electron chi connectivity index (χ0n) is 20.5. The highest BCUT2D eigenvalue weighted by atomic mass is 79.9. The van der Waals surface area contributed by atoms with E-state index in [0.29, 0.717) is 13.2 Å². The number of unbranched alkanes of at least 4 members (excludes halogenated alkanes) is 1. The van der Waals surface area contributed by atoms with Crippen LogP contribution in [-0.2, 0) is 13.0 Å². The SMILES string of the molecule is COc1ccc2cc3[n+](cc2c1OCCCCOc1ccc(Br)cc1)CCc1cc2c(cc1-3)OCO2.[Br-]. The van der Waals surface area contributed by atoms with Gasteiger partial charge in [-0.3, -0.25) is 0 Å². The number of nitrogens with zero attached hydrogens (tertiary/aromatic N) is 1. The Balaban J connectivity index is 0.00000280. The van der Waals surface area contributed by atoms with Gasteiger partial charge < -0.3 is 40.7 Å². The average Bonchev–Trinajstić information content (AvgIpc) is 3.37. The summed E-state index contributed by atoms with van der Waals surface area (Å²) in [5.74, 6) is 4.06. The standard InChI is InChI=1S/C29H27BrNO5.BrH/c1-32-26-9-4-19-14-25-23-16-28-27(35-18-36-28)15-20(23)10-11-31(25)17-24(19)29(26)34-13-3-2-12-33-22-7-5-21(30)6-8-22;/h4-9,14-17H,2-3,10-13,18H2,1H3;1H/q+1;/p-1. The topological polar surface area (TPSA) is 50.0 Å². The minimum Gasteiger partial charge on any atom is -1.00 e. The predicted octanol–water partition coefficient (Wildman–Crippen LogP) is 3.09. The van der Waals surface area contributed by atoms with Gasteiger partial charge in [-0.15, -0.1) is 0 Å². The summed E-state index contributed by atoms with van der Waals surface area (Å²) >= 11 is 3.44. The van der Waals surface area contributed by atoms with Crippen molar-refractivity contribution in [3.05, 3.63) is 70.8 Å². The molecular formula is C29H27Br2NO5. The maximum Gasteiger partial charge on any atom is 0.231 e. The molecule has 2 aliphatic heterocycles. The fourth-order valence-electron chi connectivity index (χ4n) is 4.81. The van der Waals surface area contributed by atoms with Crippen LogP contribution in [0, 0.1) is 0 Å². The van der Waals surface area contributed by atoms with E-state index in [-0.39, 0.29) is 23.8 Å². The minimum absolute atomic E-state index is 0. The number of hydrogen-bond acceptors (Lipinski definition) is 5. The van der Waals surface area contributed by atoms with Gasteiger partial charge in [0.15, 0.2) is 35.7 Å². The Morgan fingerprint density at radius 1 is 0.919 bits per heavy atom. The van der Waals surface area contributed by atoms with Gasteiger partial charge in [0.05, 0.1) is 31.3 Å². The van der Waals surface area contributed by atoms with Crippen molar-refractivity contribution in [3.63, 3.8) is 0 Å². The molecule has 0 unspecified atom stereocenters. The summed E-state index contributed by atoms with van der Waals surface area (Å²) < 4.78 is 32.3. The Bertz CT molecular complexity index is 1420. The molecule has 0 atom stereocenters. The van der Waals surface area contributed by atoms with E-state index in [1.54, 1.807) is 7.11 Å². The Morgan fingerprint density at radius 2 is 1.68 bits per heavy atom. The van der Waals surface area contributed by atoms with Gasteiger partial charge in [-0.05, 0) is 72.3 Å². The van der Waals surface area contributed by atoms with E-state index >= 15 is 0 Å². The van der Waals surface area contributed by atoms with Gasteiger partial charge in [-0.25, -0.2) is 0 Å². The summed E-state index contributed by atoms with van der Waals surface area (Å²) in [5.41, 5.74) is 3.65. The molecule has 0 aliphatic carbocycles. The second kappa shape index (κ2) is 11.2. The van der Waals surface area contributed by atoms with Crippen LogP contribution in [0.3, 0.4) is 0 Å². The van der Waals surface area contributed by atoms with Crippen molar-refractivity contribution in [2.24, 2.45) is 0 Å². The number of aromatic nitrogens is 1. The molecule has 3 aromatic carbocycles. The zero-order chi connectivity index (χ0) is 24.5. The summed E-state index contributed by atoms with van der Waals surface area (Å²) in [6.07, 6.45) is 4.91. The van der Waals surface area contributed by atoms with Gasteiger partial charge in [0, 0.05) is 17.0 Å². The van der Waals surface area contributed by atoms with E-state index < -0.39 is 0 Å². The third kappa shape index (κ3) is 5.22. The molecule has 0 saturated heterocycles. The van der Waals surface area contributed by atoms with E-state index in [1.807, 2.05) is 30.3 Å². The number of hydrogen-bond donors (Lipinski definition) is 0. The van der Waals surface area contributed by atoms with Gasteiger partial charge >= 0.3 is 0 Å². The highest BCUT2D eigenvalue weighted by Crippen LogP contribution is 2.41. The molecule has 3 heterocycles. The van der Waals surface area contributed by atoms with Crippen LogP contribution in [0.1, 0.15) is 18.4 Å². The Hall–Kier alpha value is -2.97. The molecule has 0 radical (unpaired) electrons. The van der Waals surface area contributed by atoms with Crippen molar-refractivity contribution in [1.29, 1.82) is 0 Å². The number of fused-ring (bicyclic) bond motifs is 5. The van der Waals surface area contributed by atoms with Gasteiger partial charge in [0.2, 0.25) is 12.5 Å². The summed E-state index contributed by atoms with van der Waals surface area (Å²) in [4.78, 5) is 0. The first kappa shape index (κ1) is 25.7. The van der Waals surface area contributed by atoms with Crippen LogP contribution in [-0.4, -0.2) is 27.1 Å². The van der Waals surface area contributed by atoms with Crippen molar-refractivity contribution >= 4 is 26.7 Å². The largest absolute Gasteiger partial charge is 1.00 e. The van der Waals surface area contributed by atoms with Crippen molar-refractivity contribution in [3.8, 4) is 40.0 Å². The Kier molecular flexibility index (Phi) is 7.76. The lowest BCUT2D eigenvalue weighted by molar-refractivity contribution is -0.686. The molecule has 0 amide bonds. The lowest BCUT2D eigenvalue weighted by atomic mass is 9.95. The van der Waals surface area contributed by atoms with Gasteiger partial charge in [-0.1, -0.05) is 15.9 Å². The van der Waals surface area contributed by atoms with Crippen LogP contribution in [0.15, 0.2) is 65.3 Å². The predicted molar refractivity (Wildman–Crippen MR) is 140 cm³/mol. The minimum atomic E-state index is 0. The smallest absolute Gasteiger partial charge is 0.231 e. The molecule has 37 heavy (non-hydrogen) atoms. The highest BCUT2D eigenvalue weighted by Gasteiger charge is 2.28. The third-order valence-corrected chi connectivity index (χ3v) is 7.19. The number of pyridine rings is 1. The molecule has 8 heteroatoms. The molecule has 0 saturated carbocycles. The fourth-order valence-corrected chi connectivity index (χ4v) is 5.07. The first-order valence-electron chi connectivity index (χ1n) is 12.2. The number of ether oxygens (including phenoxy) is 5. The molecule has 0 spiro atoms. The summed E-state index contributed by atoms with van der Waals surface area (Å²) in [7, 11) is 1.69. The van der Waals surface area contributed by atoms with Crippen LogP contribution in [0.5, 0.6) is 28.7 Å². The average molecular weight is 629 g/mol. The Morgan fingerprint density at radius 3 is 2.46 bits per heavy atom. The molecule has 192 valence electrons. The molecule has 0 fully saturated rings. The molecule has 2 aliphatic rings. The van der Waals surface area contributed by atoms with Gasteiger partial charge in [0.25, 0.3) is 0 Å². The van der Waals surface area contributed by atoms with Crippen LogP contribution >= 0.6 is 15.9 Å². The van der Waals surface area contributed by atoms with E-state index in [4.69, 9.17) is 23.7 Å². The van der Waals surface area contributed by atoms with Crippen LogP contribution in [0.2, 0.25) is 0 Å². The summed E-state index contributed by atoms with van der Waals surface area (Å²) in [5, 5.41) is 2.16. The van der Waals surface area contributed by atoms with E-state index in [0.717, 1.165) is 69.8 Å². The molecule has 4 aromatic rings. The third-order valence-electron chi connectivity index (χ3n) is 6.66.